The lowest BCUT2D eigenvalue weighted by molar-refractivity contribution is -0.132. The number of hydrogen-bond acceptors (Lipinski definition) is 3. The molecule has 118 valence electrons. The zero-order valence-electron chi connectivity index (χ0n) is 13.5. The number of aryl methyl sites for hydroxylation is 3. The monoisotopic (exact) mass is 317 g/mol. The molecule has 1 aliphatic heterocycles. The van der Waals surface area contributed by atoms with Crippen LogP contribution in [0.2, 0.25) is 0 Å². The summed E-state index contributed by atoms with van der Waals surface area (Å²) in [5.41, 5.74) is 3.49. The first-order chi connectivity index (χ1) is 10.6. The van der Waals surface area contributed by atoms with Gasteiger partial charge in [-0.1, -0.05) is 6.07 Å². The minimum absolute atomic E-state index is 0.213. The van der Waals surface area contributed by atoms with Gasteiger partial charge in [0, 0.05) is 36.1 Å². The molecular formula is C17H23N3OS. The van der Waals surface area contributed by atoms with Gasteiger partial charge in [-0.25, -0.2) is 0 Å². The van der Waals surface area contributed by atoms with E-state index >= 15 is 0 Å². The Hall–Kier alpha value is -1.62. The van der Waals surface area contributed by atoms with E-state index in [1.807, 2.05) is 17.8 Å². The van der Waals surface area contributed by atoms with Crippen LogP contribution in [0.15, 0.2) is 17.5 Å². The molecule has 3 rings (SSSR count). The van der Waals surface area contributed by atoms with E-state index in [0.717, 1.165) is 31.5 Å². The van der Waals surface area contributed by atoms with Gasteiger partial charge in [0.05, 0.1) is 11.7 Å². The van der Waals surface area contributed by atoms with Crippen LogP contribution in [0.25, 0.3) is 0 Å². The van der Waals surface area contributed by atoms with Gasteiger partial charge in [0.15, 0.2) is 0 Å². The molecule has 0 aliphatic carbocycles. The quantitative estimate of drug-likeness (QED) is 0.867. The molecule has 4 nitrogen and oxygen atoms in total. The molecule has 0 N–H and O–H groups in total. The second-order valence-corrected chi connectivity index (χ2v) is 7.06. The van der Waals surface area contributed by atoms with Crippen molar-refractivity contribution in [2.45, 2.75) is 45.6 Å². The van der Waals surface area contributed by atoms with Gasteiger partial charge in [-0.05, 0) is 44.6 Å². The van der Waals surface area contributed by atoms with Crippen LogP contribution in [0.1, 0.15) is 47.1 Å². The van der Waals surface area contributed by atoms with Gasteiger partial charge in [0.1, 0.15) is 0 Å². The first kappa shape index (κ1) is 15.3. The predicted molar refractivity (Wildman–Crippen MR) is 89.0 cm³/mol. The van der Waals surface area contributed by atoms with Crippen molar-refractivity contribution in [3.05, 3.63) is 39.3 Å². The maximum Gasteiger partial charge on any atom is 0.223 e. The smallest absolute Gasteiger partial charge is 0.223 e. The van der Waals surface area contributed by atoms with E-state index < -0.39 is 0 Å². The largest absolute Gasteiger partial charge is 0.336 e. The van der Waals surface area contributed by atoms with E-state index in [0.29, 0.717) is 6.42 Å². The Morgan fingerprint density at radius 2 is 2.27 bits per heavy atom. The zero-order valence-corrected chi connectivity index (χ0v) is 14.3. The van der Waals surface area contributed by atoms with Gasteiger partial charge >= 0.3 is 0 Å². The van der Waals surface area contributed by atoms with E-state index in [9.17, 15) is 4.79 Å². The lowest BCUT2D eigenvalue weighted by Crippen LogP contribution is -2.31. The highest BCUT2D eigenvalue weighted by atomic mass is 32.1. The summed E-state index contributed by atoms with van der Waals surface area (Å²) >= 11 is 1.73. The van der Waals surface area contributed by atoms with Gasteiger partial charge in [0.2, 0.25) is 5.91 Å². The molecule has 1 saturated heterocycles. The summed E-state index contributed by atoms with van der Waals surface area (Å²) in [6.07, 6.45) is 3.60. The molecule has 2 aromatic heterocycles. The summed E-state index contributed by atoms with van der Waals surface area (Å²) in [6.45, 7) is 5.03. The number of hydrogen-bond donors (Lipinski definition) is 0. The van der Waals surface area contributed by atoms with E-state index in [-0.39, 0.29) is 11.9 Å². The number of amides is 1. The second kappa shape index (κ2) is 6.24. The molecule has 0 aromatic carbocycles. The van der Waals surface area contributed by atoms with E-state index in [1.54, 1.807) is 11.3 Å². The Balaban J connectivity index is 1.73. The van der Waals surface area contributed by atoms with Gasteiger partial charge in [-0.2, -0.15) is 5.10 Å². The van der Waals surface area contributed by atoms with Crippen molar-refractivity contribution >= 4 is 17.2 Å². The number of rotatable bonds is 4. The van der Waals surface area contributed by atoms with Gasteiger partial charge in [0.25, 0.3) is 0 Å². The molecule has 1 aliphatic rings. The normalized spacial score (nSPS) is 18.1. The first-order valence-electron chi connectivity index (χ1n) is 7.90. The highest BCUT2D eigenvalue weighted by Crippen LogP contribution is 2.35. The number of nitrogens with zero attached hydrogens (tertiary/aromatic N) is 3. The van der Waals surface area contributed by atoms with Crippen LogP contribution in [-0.2, 0) is 18.3 Å². The Morgan fingerprint density at radius 3 is 2.91 bits per heavy atom. The summed E-state index contributed by atoms with van der Waals surface area (Å²) in [5.74, 6) is 0.276. The Morgan fingerprint density at radius 1 is 1.45 bits per heavy atom. The van der Waals surface area contributed by atoms with Crippen molar-refractivity contribution in [3.8, 4) is 0 Å². The summed E-state index contributed by atoms with van der Waals surface area (Å²) in [6, 6.07) is 4.37. The lowest BCUT2D eigenvalue weighted by atomic mass is 10.0. The molecule has 1 atom stereocenters. The third-order valence-electron chi connectivity index (χ3n) is 4.64. The van der Waals surface area contributed by atoms with Crippen molar-refractivity contribution in [1.29, 1.82) is 0 Å². The van der Waals surface area contributed by atoms with Crippen LogP contribution in [0.5, 0.6) is 0 Å². The number of carbonyl (C=O) groups is 1. The summed E-state index contributed by atoms with van der Waals surface area (Å²) in [4.78, 5) is 16.0. The third-order valence-corrected chi connectivity index (χ3v) is 5.57. The van der Waals surface area contributed by atoms with Crippen molar-refractivity contribution < 1.29 is 4.79 Å². The van der Waals surface area contributed by atoms with Crippen LogP contribution in [0.3, 0.4) is 0 Å². The minimum atomic E-state index is 0.213. The number of thiophene rings is 1. The standard InChI is InChI=1S/C17H23N3OS/c1-12-17(13(2)19(3)18-12)15-7-4-10-20(15)16(21)9-8-14-6-5-11-22-14/h5-6,11,15H,4,7-10H2,1-3H3/t15-/m1/s1. The molecule has 3 heterocycles. The van der Waals surface area contributed by atoms with Crippen molar-refractivity contribution in [3.63, 3.8) is 0 Å². The Bertz CT molecular complexity index is 660. The summed E-state index contributed by atoms with van der Waals surface area (Å²) in [7, 11) is 1.98. The van der Waals surface area contributed by atoms with Gasteiger partial charge in [-0.15, -0.1) is 11.3 Å². The molecule has 1 amide bonds. The first-order valence-corrected chi connectivity index (χ1v) is 8.78. The number of aromatic nitrogens is 2. The molecule has 0 unspecified atom stereocenters. The molecule has 1 fully saturated rings. The SMILES string of the molecule is Cc1nn(C)c(C)c1[C@H]1CCCN1C(=O)CCc1cccs1. The van der Waals surface area contributed by atoms with Crippen molar-refractivity contribution in [2.24, 2.45) is 7.05 Å². The topological polar surface area (TPSA) is 38.1 Å². The number of carbonyl (C=O) groups excluding carboxylic acids is 1. The highest BCUT2D eigenvalue weighted by molar-refractivity contribution is 7.09. The van der Waals surface area contributed by atoms with Crippen LogP contribution in [0, 0.1) is 13.8 Å². The zero-order chi connectivity index (χ0) is 15.7. The van der Waals surface area contributed by atoms with Crippen LogP contribution >= 0.6 is 11.3 Å². The lowest BCUT2D eigenvalue weighted by Gasteiger charge is -2.25. The second-order valence-electron chi connectivity index (χ2n) is 6.03. The molecular weight excluding hydrogens is 294 g/mol. The van der Waals surface area contributed by atoms with Gasteiger partial charge < -0.3 is 4.90 Å². The van der Waals surface area contributed by atoms with Crippen molar-refractivity contribution in [1.82, 2.24) is 14.7 Å². The Kier molecular flexibility index (Phi) is 4.34. The van der Waals surface area contributed by atoms with Crippen LogP contribution in [-0.4, -0.2) is 27.1 Å². The van der Waals surface area contributed by atoms with Crippen LogP contribution in [0.4, 0.5) is 0 Å². The average Bonchev–Trinajstić information content (AvgIpc) is 3.19. The summed E-state index contributed by atoms with van der Waals surface area (Å²) < 4.78 is 1.93. The molecule has 0 spiro atoms. The molecule has 0 bridgehead atoms. The number of likely N-dealkylation sites (tertiary alicyclic amines) is 1. The van der Waals surface area contributed by atoms with E-state index in [2.05, 4.69) is 35.3 Å². The van der Waals surface area contributed by atoms with Gasteiger partial charge in [-0.3, -0.25) is 9.48 Å². The fourth-order valence-electron chi connectivity index (χ4n) is 3.47. The maximum absolute atomic E-state index is 12.7. The molecule has 0 saturated carbocycles. The van der Waals surface area contributed by atoms with Crippen molar-refractivity contribution in [2.75, 3.05) is 6.54 Å². The van der Waals surface area contributed by atoms with Crippen LogP contribution < -0.4 is 0 Å². The average molecular weight is 317 g/mol. The fourth-order valence-corrected chi connectivity index (χ4v) is 4.18. The maximum atomic E-state index is 12.7. The molecule has 22 heavy (non-hydrogen) atoms. The van der Waals surface area contributed by atoms with E-state index in [4.69, 9.17) is 0 Å². The molecule has 0 radical (unpaired) electrons. The Labute approximate surface area is 135 Å². The molecule has 5 heteroatoms. The highest BCUT2D eigenvalue weighted by Gasteiger charge is 2.33. The predicted octanol–water partition coefficient (Wildman–Crippen LogP) is 3.39. The summed E-state index contributed by atoms with van der Waals surface area (Å²) in [5, 5.41) is 6.59. The minimum Gasteiger partial charge on any atom is -0.336 e. The van der Waals surface area contributed by atoms with E-state index in [1.165, 1.54) is 16.1 Å². The third kappa shape index (κ3) is 2.82. The molecule has 2 aromatic rings. The fraction of sp³-hybridized carbons (Fsp3) is 0.529.